The first-order valence-electron chi connectivity index (χ1n) is 4.29. The highest BCUT2D eigenvalue weighted by atomic mass is 16.5. The van der Waals surface area contributed by atoms with Gasteiger partial charge in [0.15, 0.2) is 0 Å². The lowest BCUT2D eigenvalue weighted by atomic mass is 9.89. The predicted molar refractivity (Wildman–Crippen MR) is 46.8 cm³/mol. The Bertz CT molecular complexity index is 189. The first-order chi connectivity index (χ1) is 5.50. The summed E-state index contributed by atoms with van der Waals surface area (Å²) >= 11 is 0. The molecule has 1 aliphatic heterocycles. The van der Waals surface area contributed by atoms with E-state index in [4.69, 9.17) is 4.74 Å². The van der Waals surface area contributed by atoms with Crippen LogP contribution in [0, 0.1) is 5.92 Å². The minimum Gasteiger partial charge on any atom is -0.469 e. The molecule has 0 aromatic rings. The molecule has 0 saturated carbocycles. The Labute approximate surface area is 73.7 Å². The normalized spacial score (nSPS) is 28.8. The number of carbonyl (C=O) groups excluding carboxylic acids is 1. The monoisotopic (exact) mass is 171 g/mol. The van der Waals surface area contributed by atoms with E-state index in [1.54, 1.807) is 0 Å². The highest BCUT2D eigenvalue weighted by Gasteiger charge is 2.43. The summed E-state index contributed by atoms with van der Waals surface area (Å²) in [6, 6.07) is 0. The maximum Gasteiger partial charge on any atom is 0.310 e. The minimum absolute atomic E-state index is 0.0347. The number of hydrogen-bond acceptors (Lipinski definition) is 3. The van der Waals surface area contributed by atoms with Gasteiger partial charge < -0.3 is 9.64 Å². The van der Waals surface area contributed by atoms with E-state index >= 15 is 0 Å². The molecule has 1 aliphatic rings. The summed E-state index contributed by atoms with van der Waals surface area (Å²) < 4.78 is 4.75. The van der Waals surface area contributed by atoms with Crippen LogP contribution in [0.5, 0.6) is 0 Å². The van der Waals surface area contributed by atoms with Crippen molar-refractivity contribution in [1.29, 1.82) is 0 Å². The molecule has 0 radical (unpaired) electrons. The quantitative estimate of drug-likeness (QED) is 0.549. The maximum atomic E-state index is 11.3. The van der Waals surface area contributed by atoms with Crippen molar-refractivity contribution in [3.8, 4) is 0 Å². The molecule has 1 rings (SSSR count). The Kier molecular flexibility index (Phi) is 2.42. The first kappa shape index (κ1) is 9.52. The van der Waals surface area contributed by atoms with Gasteiger partial charge in [-0.05, 0) is 33.9 Å². The number of nitrogens with zero attached hydrogens (tertiary/aromatic N) is 1. The fourth-order valence-corrected chi connectivity index (χ4v) is 1.78. The van der Waals surface area contributed by atoms with E-state index in [-0.39, 0.29) is 17.4 Å². The second kappa shape index (κ2) is 3.05. The standard InChI is InChI=1S/C9H17NO2/c1-9(2)7(8(11)12-4)5-6-10(9)3/h7H,5-6H2,1-4H3. The Balaban J connectivity index is 2.74. The van der Waals surface area contributed by atoms with Gasteiger partial charge in [-0.1, -0.05) is 0 Å². The molecule has 1 saturated heterocycles. The minimum atomic E-state index is -0.0793. The van der Waals surface area contributed by atoms with Crippen molar-refractivity contribution >= 4 is 5.97 Å². The third kappa shape index (κ3) is 1.33. The van der Waals surface area contributed by atoms with Crippen LogP contribution in [0.2, 0.25) is 0 Å². The van der Waals surface area contributed by atoms with Gasteiger partial charge in [0.05, 0.1) is 13.0 Å². The van der Waals surface area contributed by atoms with Gasteiger partial charge in [0, 0.05) is 5.54 Å². The van der Waals surface area contributed by atoms with Crippen LogP contribution in [-0.2, 0) is 9.53 Å². The van der Waals surface area contributed by atoms with Crippen molar-refractivity contribution < 1.29 is 9.53 Å². The zero-order valence-corrected chi connectivity index (χ0v) is 8.26. The lowest BCUT2D eigenvalue weighted by molar-refractivity contribution is -0.147. The molecule has 1 atom stereocenters. The van der Waals surface area contributed by atoms with Crippen LogP contribution in [-0.4, -0.2) is 37.1 Å². The fraction of sp³-hybridized carbons (Fsp3) is 0.889. The zero-order valence-electron chi connectivity index (χ0n) is 8.26. The van der Waals surface area contributed by atoms with Gasteiger partial charge in [0.2, 0.25) is 0 Å². The first-order valence-corrected chi connectivity index (χ1v) is 4.29. The SMILES string of the molecule is COC(=O)C1CCN(C)C1(C)C. The molecule has 0 bridgehead atoms. The van der Waals surface area contributed by atoms with E-state index in [0.29, 0.717) is 0 Å². The van der Waals surface area contributed by atoms with Crippen molar-refractivity contribution in [1.82, 2.24) is 4.90 Å². The van der Waals surface area contributed by atoms with E-state index in [0.717, 1.165) is 13.0 Å². The van der Waals surface area contributed by atoms with Crippen LogP contribution in [0.4, 0.5) is 0 Å². The molecule has 3 nitrogen and oxygen atoms in total. The lowest BCUT2D eigenvalue weighted by Crippen LogP contribution is -2.43. The lowest BCUT2D eigenvalue weighted by Gasteiger charge is -2.31. The van der Waals surface area contributed by atoms with Crippen LogP contribution in [0.15, 0.2) is 0 Å². The number of esters is 1. The molecule has 3 heteroatoms. The van der Waals surface area contributed by atoms with Crippen molar-refractivity contribution in [2.45, 2.75) is 25.8 Å². The molecule has 1 heterocycles. The average Bonchev–Trinajstić information content (AvgIpc) is 2.27. The number of methoxy groups -OCH3 is 1. The van der Waals surface area contributed by atoms with Crippen molar-refractivity contribution in [2.24, 2.45) is 5.92 Å². The molecule has 1 fully saturated rings. The van der Waals surface area contributed by atoms with Crippen molar-refractivity contribution in [2.75, 3.05) is 20.7 Å². The Morgan fingerprint density at radius 1 is 1.58 bits per heavy atom. The summed E-state index contributed by atoms with van der Waals surface area (Å²) in [6.45, 7) is 5.15. The summed E-state index contributed by atoms with van der Waals surface area (Å²) in [5.41, 5.74) is -0.0485. The third-order valence-corrected chi connectivity index (χ3v) is 3.08. The van der Waals surface area contributed by atoms with E-state index in [1.807, 2.05) is 7.05 Å². The van der Waals surface area contributed by atoms with Crippen molar-refractivity contribution in [3.63, 3.8) is 0 Å². The van der Waals surface area contributed by atoms with E-state index < -0.39 is 0 Å². The number of likely N-dealkylation sites (tertiary alicyclic amines) is 1. The van der Waals surface area contributed by atoms with Gasteiger partial charge in [0.25, 0.3) is 0 Å². The molecule has 0 aromatic carbocycles. The molecule has 12 heavy (non-hydrogen) atoms. The second-order valence-electron chi connectivity index (χ2n) is 3.94. The highest BCUT2D eigenvalue weighted by Crippen LogP contribution is 2.33. The molecule has 0 spiro atoms. The maximum absolute atomic E-state index is 11.3. The molecular formula is C9H17NO2. The van der Waals surface area contributed by atoms with Gasteiger partial charge in [-0.25, -0.2) is 0 Å². The molecule has 0 amide bonds. The molecule has 0 aliphatic carbocycles. The van der Waals surface area contributed by atoms with Gasteiger partial charge >= 0.3 is 5.97 Å². The van der Waals surface area contributed by atoms with E-state index in [9.17, 15) is 4.79 Å². The van der Waals surface area contributed by atoms with E-state index in [1.165, 1.54) is 7.11 Å². The zero-order chi connectivity index (χ0) is 9.35. The summed E-state index contributed by atoms with van der Waals surface area (Å²) in [7, 11) is 3.50. The van der Waals surface area contributed by atoms with Gasteiger partial charge in [-0.15, -0.1) is 0 Å². The van der Waals surface area contributed by atoms with Crippen molar-refractivity contribution in [3.05, 3.63) is 0 Å². The van der Waals surface area contributed by atoms with Gasteiger partial charge in [0.1, 0.15) is 0 Å². The number of rotatable bonds is 1. The van der Waals surface area contributed by atoms with Gasteiger partial charge in [-0.2, -0.15) is 0 Å². The van der Waals surface area contributed by atoms with Gasteiger partial charge in [-0.3, -0.25) is 4.79 Å². The van der Waals surface area contributed by atoms with Crippen LogP contribution in [0.25, 0.3) is 0 Å². The molecule has 1 unspecified atom stereocenters. The molecule has 70 valence electrons. The summed E-state index contributed by atoms with van der Waals surface area (Å²) in [6.07, 6.45) is 0.913. The third-order valence-electron chi connectivity index (χ3n) is 3.08. The number of carbonyl (C=O) groups is 1. The number of hydrogen-bond donors (Lipinski definition) is 0. The highest BCUT2D eigenvalue weighted by molar-refractivity contribution is 5.74. The molecule has 0 N–H and O–H groups in total. The van der Waals surface area contributed by atoms with Crippen LogP contribution in [0.1, 0.15) is 20.3 Å². The average molecular weight is 171 g/mol. The fourth-order valence-electron chi connectivity index (χ4n) is 1.78. The Hall–Kier alpha value is -0.570. The van der Waals surface area contributed by atoms with Crippen LogP contribution in [0.3, 0.4) is 0 Å². The predicted octanol–water partition coefficient (Wildman–Crippen LogP) is 0.890. The molecular weight excluding hydrogens is 154 g/mol. The Morgan fingerprint density at radius 2 is 2.17 bits per heavy atom. The van der Waals surface area contributed by atoms with Crippen LogP contribution < -0.4 is 0 Å². The summed E-state index contributed by atoms with van der Waals surface area (Å²) in [5.74, 6) is -0.0446. The largest absolute Gasteiger partial charge is 0.469 e. The second-order valence-corrected chi connectivity index (χ2v) is 3.94. The smallest absolute Gasteiger partial charge is 0.310 e. The molecule has 0 aromatic heterocycles. The number of ether oxygens (including phenoxy) is 1. The summed E-state index contributed by atoms with van der Waals surface area (Å²) in [5, 5.41) is 0. The Morgan fingerprint density at radius 3 is 2.50 bits per heavy atom. The van der Waals surface area contributed by atoms with Crippen LogP contribution >= 0.6 is 0 Å². The summed E-state index contributed by atoms with van der Waals surface area (Å²) in [4.78, 5) is 13.5. The topological polar surface area (TPSA) is 29.5 Å². The van der Waals surface area contributed by atoms with E-state index in [2.05, 4.69) is 18.7 Å².